The number of fused-ring (bicyclic) bond motifs is 1. The lowest BCUT2D eigenvalue weighted by Gasteiger charge is -2.31. The topological polar surface area (TPSA) is 92.1 Å². The Hall–Kier alpha value is -2.77. The second-order valence-corrected chi connectivity index (χ2v) is 6.69. The lowest BCUT2D eigenvalue weighted by atomic mass is 9.93. The van der Waals surface area contributed by atoms with Gasteiger partial charge >= 0.3 is 0 Å². The van der Waals surface area contributed by atoms with Gasteiger partial charge in [0.2, 0.25) is 5.91 Å². The number of rotatable bonds is 4. The number of amides is 1. The van der Waals surface area contributed by atoms with Crippen molar-refractivity contribution in [2.24, 2.45) is 5.92 Å². The van der Waals surface area contributed by atoms with Crippen LogP contribution in [-0.4, -0.2) is 53.9 Å². The number of aryl methyl sites for hydroxylation is 1. The normalized spacial score (nSPS) is 15.8. The fourth-order valence-corrected chi connectivity index (χ4v) is 3.47. The summed E-state index contributed by atoms with van der Waals surface area (Å²) in [5, 5.41) is 14.1. The zero-order chi connectivity index (χ0) is 17.2. The van der Waals surface area contributed by atoms with Crippen molar-refractivity contribution in [1.29, 1.82) is 0 Å². The second-order valence-electron chi connectivity index (χ2n) is 6.69. The molecule has 0 aromatic carbocycles. The van der Waals surface area contributed by atoms with E-state index in [0.29, 0.717) is 12.3 Å². The molecule has 3 aromatic rings. The highest BCUT2D eigenvalue weighted by Gasteiger charge is 2.24. The number of aromatic amines is 1. The first-order valence-electron chi connectivity index (χ1n) is 8.62. The summed E-state index contributed by atoms with van der Waals surface area (Å²) in [4.78, 5) is 19.1. The van der Waals surface area contributed by atoms with Gasteiger partial charge in [0.05, 0.1) is 12.1 Å². The summed E-state index contributed by atoms with van der Waals surface area (Å²) in [6, 6.07) is 4.02. The molecular weight excluding hydrogens is 318 g/mol. The van der Waals surface area contributed by atoms with Crippen molar-refractivity contribution < 1.29 is 4.79 Å². The van der Waals surface area contributed by atoms with Gasteiger partial charge in [-0.05, 0) is 37.3 Å². The van der Waals surface area contributed by atoms with Gasteiger partial charge in [-0.1, -0.05) is 11.3 Å². The molecule has 4 rings (SSSR count). The molecule has 0 unspecified atom stereocenters. The van der Waals surface area contributed by atoms with Gasteiger partial charge < -0.3 is 9.30 Å². The molecule has 1 saturated heterocycles. The van der Waals surface area contributed by atoms with Crippen molar-refractivity contribution in [1.82, 2.24) is 34.9 Å². The van der Waals surface area contributed by atoms with Crippen LogP contribution in [0.2, 0.25) is 0 Å². The van der Waals surface area contributed by atoms with Gasteiger partial charge in [-0.2, -0.15) is 5.21 Å². The monoisotopic (exact) mass is 339 g/mol. The van der Waals surface area contributed by atoms with Crippen LogP contribution in [0, 0.1) is 12.8 Å². The third kappa shape index (κ3) is 3.38. The number of carbonyl (C=O) groups is 1. The molecule has 3 aromatic heterocycles. The predicted octanol–water partition coefficient (Wildman–Crippen LogP) is 1.18. The number of nitrogens with zero attached hydrogens (tertiary/aromatic N) is 6. The number of H-pyrrole nitrogens is 1. The number of piperidine rings is 1. The van der Waals surface area contributed by atoms with E-state index in [1.54, 1.807) is 0 Å². The van der Waals surface area contributed by atoms with E-state index in [9.17, 15) is 4.79 Å². The second kappa shape index (κ2) is 6.62. The molecule has 130 valence electrons. The molecule has 1 aliphatic rings. The number of carbonyl (C=O) groups excluding carboxylic acids is 1. The zero-order valence-electron chi connectivity index (χ0n) is 14.2. The number of imidazole rings is 1. The minimum atomic E-state index is 0.152. The molecule has 1 amide bonds. The Morgan fingerprint density at radius 2 is 2.20 bits per heavy atom. The van der Waals surface area contributed by atoms with Crippen LogP contribution < -0.4 is 0 Å². The van der Waals surface area contributed by atoms with Crippen LogP contribution in [0.25, 0.3) is 5.65 Å². The van der Waals surface area contributed by atoms with E-state index in [4.69, 9.17) is 0 Å². The predicted molar refractivity (Wildman–Crippen MR) is 90.8 cm³/mol. The Kier molecular flexibility index (Phi) is 4.17. The van der Waals surface area contributed by atoms with Gasteiger partial charge in [-0.15, -0.1) is 10.2 Å². The Morgan fingerprint density at radius 3 is 2.92 bits per heavy atom. The highest BCUT2D eigenvalue weighted by molar-refractivity contribution is 5.78. The van der Waals surface area contributed by atoms with E-state index in [-0.39, 0.29) is 5.91 Å². The van der Waals surface area contributed by atoms with Gasteiger partial charge in [-0.25, -0.2) is 4.98 Å². The van der Waals surface area contributed by atoms with Crippen molar-refractivity contribution in [2.75, 3.05) is 13.1 Å². The first-order chi connectivity index (χ1) is 12.2. The Bertz CT molecular complexity index is 862. The summed E-state index contributed by atoms with van der Waals surface area (Å²) in [5.74, 6) is 1.42. The summed E-state index contributed by atoms with van der Waals surface area (Å²) in [5.41, 5.74) is 2.86. The SMILES string of the molecule is Cc1cccn2cc(CC(=O)N3CCC(Cc4nn[nH]n4)CC3)nc12. The van der Waals surface area contributed by atoms with Crippen molar-refractivity contribution in [2.45, 2.75) is 32.6 Å². The summed E-state index contributed by atoms with van der Waals surface area (Å²) in [7, 11) is 0. The van der Waals surface area contributed by atoms with Crippen molar-refractivity contribution in [3.8, 4) is 0 Å². The Morgan fingerprint density at radius 1 is 1.36 bits per heavy atom. The minimum Gasteiger partial charge on any atom is -0.342 e. The Labute approximate surface area is 145 Å². The van der Waals surface area contributed by atoms with Crippen LogP contribution in [0.4, 0.5) is 0 Å². The van der Waals surface area contributed by atoms with Crippen LogP contribution in [0.15, 0.2) is 24.5 Å². The van der Waals surface area contributed by atoms with Crippen LogP contribution in [-0.2, 0) is 17.6 Å². The smallest absolute Gasteiger partial charge is 0.228 e. The molecule has 8 heteroatoms. The average molecular weight is 339 g/mol. The standard InChI is InChI=1S/C17H21N7O/c1-12-3-2-6-24-11-14(18-17(12)24)10-16(25)23-7-4-13(5-8-23)9-15-19-21-22-20-15/h2-3,6,11,13H,4-5,7-10H2,1H3,(H,19,20,21,22). The number of pyridine rings is 1. The van der Waals surface area contributed by atoms with Gasteiger partial charge in [-0.3, -0.25) is 4.79 Å². The van der Waals surface area contributed by atoms with E-state index in [0.717, 1.165) is 55.1 Å². The molecule has 0 bridgehead atoms. The third-order valence-electron chi connectivity index (χ3n) is 4.89. The minimum absolute atomic E-state index is 0.152. The first kappa shape index (κ1) is 15.7. The maximum absolute atomic E-state index is 12.6. The number of nitrogens with one attached hydrogen (secondary N) is 1. The fraction of sp³-hybridized carbons (Fsp3) is 0.471. The van der Waals surface area contributed by atoms with E-state index < -0.39 is 0 Å². The lowest BCUT2D eigenvalue weighted by molar-refractivity contribution is -0.131. The van der Waals surface area contributed by atoms with Gasteiger partial charge in [0.25, 0.3) is 0 Å². The molecule has 8 nitrogen and oxygen atoms in total. The van der Waals surface area contributed by atoms with Crippen LogP contribution in [0.5, 0.6) is 0 Å². The highest BCUT2D eigenvalue weighted by Crippen LogP contribution is 2.21. The van der Waals surface area contributed by atoms with Crippen LogP contribution in [0.3, 0.4) is 0 Å². The van der Waals surface area contributed by atoms with E-state index in [1.807, 2.05) is 40.8 Å². The lowest BCUT2D eigenvalue weighted by Crippen LogP contribution is -2.39. The number of likely N-dealkylation sites (tertiary alicyclic amines) is 1. The summed E-state index contributed by atoms with van der Waals surface area (Å²) in [6.45, 7) is 3.60. The van der Waals surface area contributed by atoms with Crippen molar-refractivity contribution >= 4 is 11.6 Å². The van der Waals surface area contributed by atoms with Crippen molar-refractivity contribution in [3.05, 3.63) is 41.6 Å². The molecule has 4 heterocycles. The van der Waals surface area contributed by atoms with Crippen LogP contribution in [0.1, 0.15) is 29.9 Å². The number of hydrogen-bond donors (Lipinski definition) is 1. The molecule has 25 heavy (non-hydrogen) atoms. The molecule has 0 atom stereocenters. The summed E-state index contributed by atoms with van der Waals surface area (Å²) >= 11 is 0. The summed E-state index contributed by atoms with van der Waals surface area (Å²) in [6.07, 6.45) is 7.05. The van der Waals surface area contributed by atoms with E-state index >= 15 is 0 Å². The number of aromatic nitrogens is 6. The average Bonchev–Trinajstić information content (AvgIpc) is 3.25. The molecule has 1 fully saturated rings. The van der Waals surface area contributed by atoms with Crippen LogP contribution >= 0.6 is 0 Å². The fourth-order valence-electron chi connectivity index (χ4n) is 3.47. The first-order valence-corrected chi connectivity index (χ1v) is 8.62. The molecule has 0 radical (unpaired) electrons. The third-order valence-corrected chi connectivity index (χ3v) is 4.89. The van der Waals surface area contributed by atoms with Gasteiger partial charge in [0.15, 0.2) is 5.82 Å². The highest BCUT2D eigenvalue weighted by atomic mass is 16.2. The largest absolute Gasteiger partial charge is 0.342 e. The molecule has 0 spiro atoms. The molecule has 0 saturated carbocycles. The number of hydrogen-bond acceptors (Lipinski definition) is 5. The number of tetrazole rings is 1. The molecule has 1 N–H and O–H groups in total. The maximum atomic E-state index is 12.6. The summed E-state index contributed by atoms with van der Waals surface area (Å²) < 4.78 is 1.98. The van der Waals surface area contributed by atoms with Gasteiger partial charge in [0.1, 0.15) is 5.65 Å². The maximum Gasteiger partial charge on any atom is 0.228 e. The molecule has 0 aliphatic carbocycles. The van der Waals surface area contributed by atoms with Crippen molar-refractivity contribution in [3.63, 3.8) is 0 Å². The van der Waals surface area contributed by atoms with E-state index in [2.05, 4.69) is 25.6 Å². The zero-order valence-corrected chi connectivity index (χ0v) is 14.2. The Balaban J connectivity index is 1.34. The molecular formula is C17H21N7O. The van der Waals surface area contributed by atoms with E-state index in [1.165, 1.54) is 0 Å². The van der Waals surface area contributed by atoms with Gasteiger partial charge in [0, 0.05) is 31.9 Å². The quantitative estimate of drug-likeness (QED) is 0.770. The molecule has 1 aliphatic heterocycles.